The highest BCUT2D eigenvalue weighted by molar-refractivity contribution is 5.42. The monoisotopic (exact) mass is 240 g/mol. The summed E-state index contributed by atoms with van der Waals surface area (Å²) in [6.45, 7) is 2.05. The minimum Gasteiger partial charge on any atom is -0.307 e. The van der Waals surface area contributed by atoms with Gasteiger partial charge in [0.05, 0.1) is 5.69 Å². The van der Waals surface area contributed by atoms with E-state index in [1.807, 2.05) is 41.9 Å². The van der Waals surface area contributed by atoms with Gasteiger partial charge in [-0.15, -0.1) is 0 Å². The Bertz CT molecular complexity index is 701. The molecule has 1 aromatic carbocycles. The van der Waals surface area contributed by atoms with Gasteiger partial charge in [-0.05, 0) is 36.2 Å². The normalized spacial score (nSPS) is 11.0. The molecule has 3 heteroatoms. The second-order valence-corrected chi connectivity index (χ2v) is 4.51. The molecule has 0 unspecified atom stereocenters. The van der Waals surface area contributed by atoms with Gasteiger partial charge in [0.15, 0.2) is 0 Å². The Morgan fingerprint density at radius 3 is 2.89 bits per heavy atom. The molecule has 0 bridgehead atoms. The third-order valence-corrected chi connectivity index (χ3v) is 2.92. The molecule has 90 valence electrons. The lowest BCUT2D eigenvalue weighted by molar-refractivity contribution is 0.626. The Morgan fingerprint density at radius 2 is 2.06 bits per heavy atom. The van der Waals surface area contributed by atoms with Crippen LogP contribution in [0.2, 0.25) is 0 Å². The van der Waals surface area contributed by atoms with Gasteiger partial charge < -0.3 is 4.40 Å². The van der Waals surface area contributed by atoms with E-state index in [1.54, 1.807) is 12.1 Å². The van der Waals surface area contributed by atoms with Crippen LogP contribution in [0.3, 0.4) is 0 Å². The van der Waals surface area contributed by atoms with E-state index in [1.165, 1.54) is 11.6 Å². The maximum atomic E-state index is 13.1. The third kappa shape index (κ3) is 2.12. The summed E-state index contributed by atoms with van der Waals surface area (Å²) in [6.07, 6.45) is 4.68. The number of fused-ring (bicyclic) bond motifs is 1. The quantitative estimate of drug-likeness (QED) is 0.671. The second-order valence-electron chi connectivity index (χ2n) is 4.51. The molecule has 0 N–H and O–H groups in total. The number of benzene rings is 1. The van der Waals surface area contributed by atoms with Crippen molar-refractivity contribution in [2.24, 2.45) is 0 Å². The molecule has 0 radical (unpaired) electrons. The van der Waals surface area contributed by atoms with Crippen molar-refractivity contribution in [1.82, 2.24) is 9.38 Å². The first-order chi connectivity index (χ1) is 8.70. The Kier molecular flexibility index (Phi) is 2.59. The summed E-state index contributed by atoms with van der Waals surface area (Å²) in [5.41, 5.74) is 4.01. The van der Waals surface area contributed by atoms with Crippen molar-refractivity contribution in [2.75, 3.05) is 0 Å². The van der Waals surface area contributed by atoms with Gasteiger partial charge in [-0.1, -0.05) is 18.2 Å². The molecule has 0 spiro atoms. The molecule has 2 aromatic heterocycles. The van der Waals surface area contributed by atoms with Gasteiger partial charge in [-0.3, -0.25) is 0 Å². The van der Waals surface area contributed by atoms with Crippen LogP contribution in [0.1, 0.15) is 16.8 Å². The molecule has 2 heterocycles. The van der Waals surface area contributed by atoms with Gasteiger partial charge in [0.1, 0.15) is 11.5 Å². The van der Waals surface area contributed by atoms with Crippen LogP contribution in [0.15, 0.2) is 48.8 Å². The molecule has 0 saturated heterocycles. The summed E-state index contributed by atoms with van der Waals surface area (Å²) in [6, 6.07) is 10.7. The minimum absolute atomic E-state index is 0.202. The van der Waals surface area contributed by atoms with E-state index in [-0.39, 0.29) is 5.82 Å². The molecule has 0 aliphatic carbocycles. The Morgan fingerprint density at radius 1 is 1.17 bits per heavy atom. The lowest BCUT2D eigenvalue weighted by Gasteiger charge is -1.97. The van der Waals surface area contributed by atoms with Gasteiger partial charge in [-0.2, -0.15) is 0 Å². The molecule has 0 aliphatic rings. The van der Waals surface area contributed by atoms with Crippen LogP contribution in [0, 0.1) is 12.7 Å². The minimum atomic E-state index is -0.202. The average molecular weight is 240 g/mol. The molecule has 3 aromatic rings. The highest BCUT2D eigenvalue weighted by atomic mass is 19.1. The topological polar surface area (TPSA) is 17.3 Å². The fourth-order valence-corrected chi connectivity index (χ4v) is 2.10. The molecule has 18 heavy (non-hydrogen) atoms. The largest absolute Gasteiger partial charge is 0.307 e. The van der Waals surface area contributed by atoms with E-state index < -0.39 is 0 Å². The number of halogens is 1. The molecule has 0 fully saturated rings. The predicted molar refractivity (Wildman–Crippen MR) is 69.1 cm³/mol. The number of aryl methyl sites for hydroxylation is 1. The van der Waals surface area contributed by atoms with Gasteiger partial charge in [-0.25, -0.2) is 9.37 Å². The summed E-state index contributed by atoms with van der Waals surface area (Å²) >= 11 is 0. The smallest absolute Gasteiger partial charge is 0.137 e. The number of aromatic nitrogens is 2. The maximum absolute atomic E-state index is 13.1. The van der Waals surface area contributed by atoms with Crippen molar-refractivity contribution in [3.05, 3.63) is 71.4 Å². The molecule has 2 nitrogen and oxygen atoms in total. The van der Waals surface area contributed by atoms with Crippen LogP contribution in [0.25, 0.3) is 5.65 Å². The fourth-order valence-electron chi connectivity index (χ4n) is 2.10. The first-order valence-electron chi connectivity index (χ1n) is 5.89. The van der Waals surface area contributed by atoms with Crippen molar-refractivity contribution in [3.8, 4) is 0 Å². The van der Waals surface area contributed by atoms with E-state index in [0.29, 0.717) is 6.42 Å². The molecular formula is C15H13FN2. The Labute approximate surface area is 105 Å². The zero-order valence-corrected chi connectivity index (χ0v) is 10.1. The van der Waals surface area contributed by atoms with Gasteiger partial charge in [0.2, 0.25) is 0 Å². The molecule has 0 atom stereocenters. The van der Waals surface area contributed by atoms with Crippen LogP contribution in [0.4, 0.5) is 4.39 Å². The van der Waals surface area contributed by atoms with Crippen LogP contribution in [0.5, 0.6) is 0 Å². The molecule has 0 amide bonds. The Balaban J connectivity index is 1.95. The van der Waals surface area contributed by atoms with Crippen molar-refractivity contribution < 1.29 is 4.39 Å². The zero-order chi connectivity index (χ0) is 12.5. The summed E-state index contributed by atoms with van der Waals surface area (Å²) in [7, 11) is 0. The molecule has 0 aliphatic heterocycles. The number of imidazole rings is 1. The van der Waals surface area contributed by atoms with Crippen LogP contribution >= 0.6 is 0 Å². The van der Waals surface area contributed by atoms with Crippen LogP contribution in [-0.2, 0) is 6.42 Å². The van der Waals surface area contributed by atoms with E-state index >= 15 is 0 Å². The van der Waals surface area contributed by atoms with E-state index in [9.17, 15) is 4.39 Å². The van der Waals surface area contributed by atoms with E-state index in [2.05, 4.69) is 4.98 Å². The average Bonchev–Trinajstić information content (AvgIpc) is 2.70. The van der Waals surface area contributed by atoms with E-state index in [0.717, 1.165) is 16.9 Å². The van der Waals surface area contributed by atoms with Crippen molar-refractivity contribution in [3.63, 3.8) is 0 Å². The first kappa shape index (κ1) is 11.0. The number of rotatable bonds is 2. The van der Waals surface area contributed by atoms with Crippen molar-refractivity contribution >= 4 is 5.65 Å². The highest BCUT2D eigenvalue weighted by Crippen LogP contribution is 2.12. The SMILES string of the molecule is Cc1ccc2nc(Cc3cccc(F)c3)cn2c1. The van der Waals surface area contributed by atoms with Gasteiger partial charge >= 0.3 is 0 Å². The number of hydrogen-bond acceptors (Lipinski definition) is 1. The third-order valence-electron chi connectivity index (χ3n) is 2.92. The maximum Gasteiger partial charge on any atom is 0.137 e. The first-order valence-corrected chi connectivity index (χ1v) is 5.89. The van der Waals surface area contributed by atoms with Crippen molar-refractivity contribution in [2.45, 2.75) is 13.3 Å². The van der Waals surface area contributed by atoms with Gasteiger partial charge in [0, 0.05) is 18.8 Å². The summed E-state index contributed by atoms with van der Waals surface area (Å²) in [5.74, 6) is -0.202. The molecular weight excluding hydrogens is 227 g/mol. The number of hydrogen-bond donors (Lipinski definition) is 0. The fraction of sp³-hybridized carbons (Fsp3) is 0.133. The molecule has 0 saturated carbocycles. The second kappa shape index (κ2) is 4.26. The zero-order valence-electron chi connectivity index (χ0n) is 10.1. The molecule has 3 rings (SSSR count). The lowest BCUT2D eigenvalue weighted by Crippen LogP contribution is -1.88. The van der Waals surface area contributed by atoms with E-state index in [4.69, 9.17) is 0 Å². The summed E-state index contributed by atoms with van der Waals surface area (Å²) in [5, 5.41) is 0. The van der Waals surface area contributed by atoms with Crippen LogP contribution in [-0.4, -0.2) is 9.38 Å². The lowest BCUT2D eigenvalue weighted by atomic mass is 10.1. The standard InChI is InChI=1S/C15H13FN2/c1-11-5-6-15-17-14(10-18(15)9-11)8-12-3-2-4-13(16)7-12/h2-7,9-10H,8H2,1H3. The summed E-state index contributed by atoms with van der Waals surface area (Å²) in [4.78, 5) is 4.52. The van der Waals surface area contributed by atoms with Gasteiger partial charge in [0.25, 0.3) is 0 Å². The summed E-state index contributed by atoms with van der Waals surface area (Å²) < 4.78 is 15.1. The predicted octanol–water partition coefficient (Wildman–Crippen LogP) is 3.37. The number of nitrogens with zero attached hydrogens (tertiary/aromatic N) is 2. The van der Waals surface area contributed by atoms with Crippen molar-refractivity contribution in [1.29, 1.82) is 0 Å². The highest BCUT2D eigenvalue weighted by Gasteiger charge is 2.03. The number of pyridine rings is 1. The Hall–Kier alpha value is -2.16. The van der Waals surface area contributed by atoms with Crippen LogP contribution < -0.4 is 0 Å².